The van der Waals surface area contributed by atoms with Gasteiger partial charge in [0.2, 0.25) is 0 Å². The maximum Gasteiger partial charge on any atom is 0.285 e. The third-order valence-corrected chi connectivity index (χ3v) is 4.10. The molecule has 134 valence electrons. The van der Waals surface area contributed by atoms with Crippen LogP contribution in [0.4, 0.5) is 5.69 Å². The molecule has 0 N–H and O–H groups in total. The number of carbonyl (C=O) groups is 1. The van der Waals surface area contributed by atoms with E-state index in [4.69, 9.17) is 4.74 Å². The molecule has 0 spiro atoms. The number of pyridine rings is 1. The van der Waals surface area contributed by atoms with Crippen LogP contribution in [0.25, 0.3) is 0 Å². The minimum absolute atomic E-state index is 0.225. The third-order valence-electron chi connectivity index (χ3n) is 4.10. The molecular formula is C17H21N3O5. The Morgan fingerprint density at radius 2 is 2.04 bits per heavy atom. The van der Waals surface area contributed by atoms with Gasteiger partial charge in [-0.3, -0.25) is 19.7 Å². The van der Waals surface area contributed by atoms with E-state index in [0.717, 1.165) is 47.3 Å². The Morgan fingerprint density at radius 3 is 2.68 bits per heavy atom. The van der Waals surface area contributed by atoms with E-state index in [0.29, 0.717) is 12.2 Å². The molecule has 0 aromatic carbocycles. The molecule has 25 heavy (non-hydrogen) atoms. The molecule has 0 unspecified atom stereocenters. The van der Waals surface area contributed by atoms with Gasteiger partial charge in [0.05, 0.1) is 17.7 Å². The van der Waals surface area contributed by atoms with E-state index in [1.807, 2.05) is 18.4 Å². The van der Waals surface area contributed by atoms with Gasteiger partial charge in [-0.1, -0.05) is 0 Å². The molecule has 8 nitrogen and oxygen atoms in total. The number of Topliss-reactive ketones (excluding diaryl/α,β-unsaturated/α-hetero) is 1. The smallest absolute Gasteiger partial charge is 0.285 e. The van der Waals surface area contributed by atoms with Gasteiger partial charge in [-0.15, -0.1) is 0 Å². The van der Waals surface area contributed by atoms with Gasteiger partial charge < -0.3 is 13.9 Å². The Kier molecular flexibility index (Phi) is 5.87. The summed E-state index contributed by atoms with van der Waals surface area (Å²) in [5, 5.41) is 10.8. The zero-order valence-corrected chi connectivity index (χ0v) is 14.5. The summed E-state index contributed by atoms with van der Waals surface area (Å²) in [7, 11) is 1.64. The van der Waals surface area contributed by atoms with Gasteiger partial charge in [0, 0.05) is 49.3 Å². The molecule has 2 aromatic heterocycles. The molecule has 0 aliphatic carbocycles. The zero-order chi connectivity index (χ0) is 18.6. The monoisotopic (exact) mass is 347 g/mol. The van der Waals surface area contributed by atoms with Crippen LogP contribution in [0, 0.1) is 24.0 Å². The first-order chi connectivity index (χ1) is 11.8. The summed E-state index contributed by atoms with van der Waals surface area (Å²) in [4.78, 5) is 34.7. The minimum atomic E-state index is -0.595. The summed E-state index contributed by atoms with van der Waals surface area (Å²) >= 11 is 0. The Bertz CT molecular complexity index is 850. The molecule has 2 rings (SSSR count). The molecule has 2 aromatic rings. The standard InChI is InChI=1S/C17H21N3O5/c1-12-9-15(13(2)19(12)7-4-8-25-3)16(21)11-18-10-14(20(23)24)5-6-17(18)22/h5-6,9-10H,4,7-8,11H2,1-3H3. The summed E-state index contributed by atoms with van der Waals surface area (Å²) in [6, 6.07) is 4.01. The topological polar surface area (TPSA) is 96.4 Å². The minimum Gasteiger partial charge on any atom is -0.385 e. The van der Waals surface area contributed by atoms with E-state index >= 15 is 0 Å². The quantitative estimate of drug-likeness (QED) is 0.315. The lowest BCUT2D eigenvalue weighted by molar-refractivity contribution is -0.385. The highest BCUT2D eigenvalue weighted by atomic mass is 16.6. The van der Waals surface area contributed by atoms with Crippen LogP contribution in [0.15, 0.2) is 29.2 Å². The fourth-order valence-electron chi connectivity index (χ4n) is 2.78. The third kappa shape index (κ3) is 4.21. The van der Waals surface area contributed by atoms with Crippen molar-refractivity contribution in [2.75, 3.05) is 13.7 Å². The maximum absolute atomic E-state index is 12.6. The van der Waals surface area contributed by atoms with E-state index in [1.54, 1.807) is 13.2 Å². The van der Waals surface area contributed by atoms with Crippen LogP contribution < -0.4 is 5.56 Å². The zero-order valence-electron chi connectivity index (χ0n) is 14.5. The number of hydrogen-bond donors (Lipinski definition) is 0. The Balaban J connectivity index is 2.24. The van der Waals surface area contributed by atoms with Crippen molar-refractivity contribution >= 4 is 11.5 Å². The van der Waals surface area contributed by atoms with Gasteiger partial charge in [-0.05, 0) is 26.3 Å². The Morgan fingerprint density at radius 1 is 1.32 bits per heavy atom. The number of nitrogens with zero attached hydrogens (tertiary/aromatic N) is 3. The van der Waals surface area contributed by atoms with Gasteiger partial charge in [0.15, 0.2) is 5.78 Å². The molecule has 0 atom stereocenters. The van der Waals surface area contributed by atoms with Gasteiger partial charge in [0.25, 0.3) is 11.2 Å². The van der Waals surface area contributed by atoms with E-state index < -0.39 is 10.5 Å². The van der Waals surface area contributed by atoms with Crippen molar-refractivity contribution in [3.05, 3.63) is 61.8 Å². The highest BCUT2D eigenvalue weighted by Crippen LogP contribution is 2.17. The van der Waals surface area contributed by atoms with Crippen LogP contribution in [0.1, 0.15) is 28.2 Å². The Hall–Kier alpha value is -2.74. The van der Waals surface area contributed by atoms with Gasteiger partial charge in [-0.25, -0.2) is 0 Å². The summed E-state index contributed by atoms with van der Waals surface area (Å²) in [6.45, 7) is 4.89. The molecule has 0 radical (unpaired) electrons. The van der Waals surface area contributed by atoms with E-state index in [1.165, 1.54) is 0 Å². The number of carbonyl (C=O) groups excluding carboxylic acids is 1. The fourth-order valence-corrected chi connectivity index (χ4v) is 2.78. The largest absolute Gasteiger partial charge is 0.385 e. The van der Waals surface area contributed by atoms with Crippen LogP contribution in [-0.2, 0) is 17.8 Å². The lowest BCUT2D eigenvalue weighted by Crippen LogP contribution is -2.23. The SMILES string of the molecule is COCCCn1c(C)cc(C(=O)Cn2cc([N+](=O)[O-])ccc2=O)c1C. The lowest BCUT2D eigenvalue weighted by Gasteiger charge is -2.09. The molecule has 0 fully saturated rings. The summed E-state index contributed by atoms with van der Waals surface area (Å²) < 4.78 is 8.14. The van der Waals surface area contributed by atoms with E-state index in [2.05, 4.69) is 0 Å². The predicted molar refractivity (Wildman–Crippen MR) is 92.1 cm³/mol. The molecular weight excluding hydrogens is 326 g/mol. The number of ether oxygens (including phenoxy) is 1. The second-order valence-electron chi connectivity index (χ2n) is 5.82. The summed E-state index contributed by atoms with van der Waals surface area (Å²) in [5.74, 6) is -0.256. The average molecular weight is 347 g/mol. The normalized spacial score (nSPS) is 10.8. The molecule has 0 aliphatic rings. The van der Waals surface area contributed by atoms with Gasteiger partial charge in [-0.2, -0.15) is 0 Å². The van der Waals surface area contributed by atoms with Crippen molar-refractivity contribution in [2.24, 2.45) is 0 Å². The number of aromatic nitrogens is 2. The van der Waals surface area contributed by atoms with Crippen LogP contribution in [0.3, 0.4) is 0 Å². The summed E-state index contributed by atoms with van der Waals surface area (Å²) in [5.41, 5.74) is 1.61. The first-order valence-corrected chi connectivity index (χ1v) is 7.89. The van der Waals surface area contributed by atoms with Crippen LogP contribution in [-0.4, -0.2) is 33.6 Å². The van der Waals surface area contributed by atoms with Gasteiger partial charge in [0.1, 0.15) is 0 Å². The van der Waals surface area contributed by atoms with Crippen molar-refractivity contribution in [1.82, 2.24) is 9.13 Å². The van der Waals surface area contributed by atoms with Crippen molar-refractivity contribution in [3.8, 4) is 0 Å². The van der Waals surface area contributed by atoms with Crippen LogP contribution in [0.5, 0.6) is 0 Å². The maximum atomic E-state index is 12.6. The molecule has 8 heteroatoms. The van der Waals surface area contributed by atoms with Crippen molar-refractivity contribution < 1.29 is 14.5 Å². The Labute approximate surface area is 144 Å². The fraction of sp³-hybridized carbons (Fsp3) is 0.412. The molecule has 0 bridgehead atoms. The van der Waals surface area contributed by atoms with Crippen molar-refractivity contribution in [3.63, 3.8) is 0 Å². The first kappa shape index (κ1) is 18.6. The number of nitro groups is 1. The van der Waals surface area contributed by atoms with E-state index in [-0.39, 0.29) is 18.0 Å². The summed E-state index contributed by atoms with van der Waals surface area (Å²) in [6.07, 6.45) is 1.92. The number of aryl methyl sites for hydroxylation is 1. The molecule has 2 heterocycles. The van der Waals surface area contributed by atoms with Crippen LogP contribution in [0.2, 0.25) is 0 Å². The molecule has 0 amide bonds. The highest BCUT2D eigenvalue weighted by molar-refractivity contribution is 5.97. The molecule has 0 saturated carbocycles. The average Bonchev–Trinajstić information content (AvgIpc) is 2.85. The number of hydrogen-bond acceptors (Lipinski definition) is 5. The molecule has 0 saturated heterocycles. The highest BCUT2D eigenvalue weighted by Gasteiger charge is 2.17. The molecule has 0 aliphatic heterocycles. The second-order valence-corrected chi connectivity index (χ2v) is 5.82. The number of ketones is 1. The van der Waals surface area contributed by atoms with Crippen LogP contribution >= 0.6 is 0 Å². The number of methoxy groups -OCH3 is 1. The number of rotatable bonds is 8. The predicted octanol–water partition coefficient (Wildman–Crippen LogP) is 2.09. The van der Waals surface area contributed by atoms with E-state index in [9.17, 15) is 19.7 Å². The first-order valence-electron chi connectivity index (χ1n) is 7.89. The van der Waals surface area contributed by atoms with Crippen molar-refractivity contribution in [2.45, 2.75) is 33.4 Å². The van der Waals surface area contributed by atoms with Gasteiger partial charge >= 0.3 is 0 Å². The van der Waals surface area contributed by atoms with Crippen molar-refractivity contribution in [1.29, 1.82) is 0 Å². The lowest BCUT2D eigenvalue weighted by atomic mass is 10.1. The second kappa shape index (κ2) is 7.89.